The number of halogens is 2. The van der Waals surface area contributed by atoms with Gasteiger partial charge in [-0.2, -0.15) is 0 Å². The zero-order chi connectivity index (χ0) is 16.4. The Labute approximate surface area is 139 Å². The van der Waals surface area contributed by atoms with Gasteiger partial charge in [0.1, 0.15) is 11.9 Å². The summed E-state index contributed by atoms with van der Waals surface area (Å²) in [7, 11) is 0. The van der Waals surface area contributed by atoms with Crippen LogP contribution in [0.1, 0.15) is 23.6 Å². The summed E-state index contributed by atoms with van der Waals surface area (Å²) in [5.41, 5.74) is 8.44. The summed E-state index contributed by atoms with van der Waals surface area (Å²) < 4.78 is 13.1. The highest BCUT2D eigenvalue weighted by Crippen LogP contribution is 2.25. The average Bonchev–Trinajstić information content (AvgIpc) is 3.00. The van der Waals surface area contributed by atoms with Crippen molar-refractivity contribution in [3.05, 3.63) is 64.4 Å². The van der Waals surface area contributed by atoms with E-state index in [1.165, 1.54) is 12.1 Å². The van der Waals surface area contributed by atoms with Gasteiger partial charge in [-0.1, -0.05) is 23.7 Å². The zero-order valence-electron chi connectivity index (χ0n) is 12.6. The second kappa shape index (κ2) is 6.66. The molecule has 3 rings (SSSR count). The van der Waals surface area contributed by atoms with Crippen molar-refractivity contribution in [2.75, 3.05) is 5.32 Å². The van der Waals surface area contributed by atoms with Gasteiger partial charge in [-0.15, -0.1) is 0 Å². The Morgan fingerprint density at radius 3 is 2.83 bits per heavy atom. The lowest BCUT2D eigenvalue weighted by Crippen LogP contribution is -2.39. The van der Waals surface area contributed by atoms with Gasteiger partial charge in [0.25, 0.3) is 0 Å². The Morgan fingerprint density at radius 2 is 2.09 bits per heavy atom. The summed E-state index contributed by atoms with van der Waals surface area (Å²) in [6.45, 7) is 1.76. The molecular formula is C17H17ClFN3O. The fraction of sp³-hybridized carbons (Fsp3) is 0.235. The number of nitrogens with one attached hydrogen (secondary N) is 3. The molecule has 0 spiro atoms. The van der Waals surface area contributed by atoms with Crippen molar-refractivity contribution in [3.63, 3.8) is 0 Å². The molecule has 0 bridgehead atoms. The van der Waals surface area contributed by atoms with E-state index in [0.717, 1.165) is 5.56 Å². The molecule has 1 saturated heterocycles. The molecule has 4 nitrogen and oxygen atoms in total. The molecule has 0 aliphatic carbocycles. The number of benzene rings is 2. The molecule has 23 heavy (non-hydrogen) atoms. The Kier molecular flexibility index (Phi) is 4.61. The molecule has 0 aromatic heterocycles. The molecule has 1 aliphatic rings. The molecule has 2 aromatic rings. The van der Waals surface area contributed by atoms with Crippen molar-refractivity contribution in [2.24, 2.45) is 0 Å². The number of carbonyl (C=O) groups is 1. The molecule has 2 aromatic carbocycles. The maximum Gasteiger partial charge on any atom is 0.242 e. The highest BCUT2D eigenvalue weighted by molar-refractivity contribution is 6.30. The van der Waals surface area contributed by atoms with Crippen molar-refractivity contribution in [1.82, 2.24) is 10.9 Å². The van der Waals surface area contributed by atoms with Gasteiger partial charge < -0.3 is 5.32 Å². The Morgan fingerprint density at radius 1 is 1.26 bits per heavy atom. The summed E-state index contributed by atoms with van der Waals surface area (Å²) in [5.74, 6) is -0.473. The lowest BCUT2D eigenvalue weighted by atomic mass is 10.0. The Bertz CT molecular complexity index is 738. The number of anilines is 1. The predicted octanol–water partition coefficient (Wildman–Crippen LogP) is 3.33. The fourth-order valence-electron chi connectivity index (χ4n) is 2.66. The molecule has 0 radical (unpaired) electrons. The second-order valence-electron chi connectivity index (χ2n) is 5.63. The van der Waals surface area contributed by atoms with Gasteiger partial charge in [0.2, 0.25) is 5.91 Å². The summed E-state index contributed by atoms with van der Waals surface area (Å²) in [4.78, 5) is 12.4. The first kappa shape index (κ1) is 15.9. The van der Waals surface area contributed by atoms with Crippen LogP contribution in [0.15, 0.2) is 42.5 Å². The van der Waals surface area contributed by atoms with E-state index < -0.39 is 0 Å². The van der Waals surface area contributed by atoms with E-state index in [9.17, 15) is 9.18 Å². The predicted molar refractivity (Wildman–Crippen MR) is 88.6 cm³/mol. The topological polar surface area (TPSA) is 53.2 Å². The molecule has 1 amide bonds. The van der Waals surface area contributed by atoms with Crippen molar-refractivity contribution >= 4 is 23.2 Å². The summed E-state index contributed by atoms with van der Waals surface area (Å²) >= 11 is 6.00. The summed E-state index contributed by atoms with van der Waals surface area (Å²) in [5, 5.41) is 3.49. The number of rotatable bonds is 3. The third kappa shape index (κ3) is 3.69. The van der Waals surface area contributed by atoms with E-state index in [0.29, 0.717) is 22.7 Å². The largest absolute Gasteiger partial charge is 0.324 e. The minimum atomic E-state index is -0.372. The minimum Gasteiger partial charge on any atom is -0.324 e. The van der Waals surface area contributed by atoms with E-state index >= 15 is 0 Å². The number of hydrogen-bond acceptors (Lipinski definition) is 3. The number of hydrazine groups is 1. The van der Waals surface area contributed by atoms with E-state index in [-0.39, 0.29) is 23.8 Å². The molecule has 1 fully saturated rings. The van der Waals surface area contributed by atoms with Crippen molar-refractivity contribution in [2.45, 2.75) is 25.4 Å². The number of aryl methyl sites for hydroxylation is 1. The molecule has 6 heteroatoms. The summed E-state index contributed by atoms with van der Waals surface area (Å²) in [6.07, 6.45) is 0.604. The van der Waals surface area contributed by atoms with Crippen LogP contribution in [0, 0.1) is 12.7 Å². The normalized spacial score (nSPS) is 20.5. The van der Waals surface area contributed by atoms with E-state index in [4.69, 9.17) is 11.6 Å². The lowest BCUT2D eigenvalue weighted by molar-refractivity contribution is -0.117. The van der Waals surface area contributed by atoms with Crippen LogP contribution in [-0.2, 0) is 4.79 Å². The number of carbonyl (C=O) groups excluding carboxylic acids is 1. The van der Waals surface area contributed by atoms with Gasteiger partial charge in [0, 0.05) is 16.8 Å². The number of amides is 1. The number of hydrogen-bond donors (Lipinski definition) is 3. The first-order valence-electron chi connectivity index (χ1n) is 7.36. The minimum absolute atomic E-state index is 0.0127. The van der Waals surface area contributed by atoms with Crippen LogP contribution in [0.5, 0.6) is 0 Å². The maximum atomic E-state index is 13.1. The zero-order valence-corrected chi connectivity index (χ0v) is 13.3. The molecule has 120 valence electrons. The Balaban J connectivity index is 1.65. The van der Waals surface area contributed by atoms with Crippen molar-refractivity contribution < 1.29 is 9.18 Å². The van der Waals surface area contributed by atoms with Gasteiger partial charge in [-0.05, 0) is 54.8 Å². The average molecular weight is 334 g/mol. The third-order valence-corrected chi connectivity index (χ3v) is 4.15. The highest BCUT2D eigenvalue weighted by atomic mass is 35.5. The monoisotopic (exact) mass is 333 g/mol. The van der Waals surface area contributed by atoms with Gasteiger partial charge in [0.05, 0.1) is 0 Å². The quantitative estimate of drug-likeness (QED) is 0.807. The van der Waals surface area contributed by atoms with E-state index in [1.807, 2.05) is 24.3 Å². The summed E-state index contributed by atoms with van der Waals surface area (Å²) in [6, 6.07) is 11.5. The van der Waals surface area contributed by atoms with Gasteiger partial charge in [-0.25, -0.2) is 15.2 Å². The fourth-order valence-corrected chi connectivity index (χ4v) is 2.86. The third-order valence-electron chi connectivity index (χ3n) is 3.92. The first-order valence-corrected chi connectivity index (χ1v) is 7.74. The van der Waals surface area contributed by atoms with Crippen LogP contribution in [0.4, 0.5) is 10.1 Å². The smallest absolute Gasteiger partial charge is 0.242 e. The molecule has 2 atom stereocenters. The van der Waals surface area contributed by atoms with Crippen molar-refractivity contribution in [3.8, 4) is 0 Å². The highest BCUT2D eigenvalue weighted by Gasteiger charge is 2.30. The van der Waals surface area contributed by atoms with Crippen LogP contribution in [-0.4, -0.2) is 11.9 Å². The SMILES string of the molecule is Cc1cc(F)ccc1NC(=O)C1CC(c2cccc(Cl)c2)NN1. The molecular weight excluding hydrogens is 317 g/mol. The Hall–Kier alpha value is -1.95. The first-order chi connectivity index (χ1) is 11.0. The van der Waals surface area contributed by atoms with Gasteiger partial charge >= 0.3 is 0 Å². The van der Waals surface area contributed by atoms with Gasteiger partial charge in [0.15, 0.2) is 0 Å². The van der Waals surface area contributed by atoms with Crippen LogP contribution < -0.4 is 16.2 Å². The van der Waals surface area contributed by atoms with Gasteiger partial charge in [-0.3, -0.25) is 4.79 Å². The standard InChI is InChI=1S/C17H17ClFN3O/c1-10-7-13(19)5-6-14(10)20-17(23)16-9-15(21-22-16)11-3-2-4-12(18)8-11/h2-8,15-16,21-22H,9H2,1H3,(H,20,23). The molecule has 3 N–H and O–H groups in total. The van der Waals surface area contributed by atoms with Crippen molar-refractivity contribution in [1.29, 1.82) is 0 Å². The maximum absolute atomic E-state index is 13.1. The second-order valence-corrected chi connectivity index (χ2v) is 6.07. The van der Waals surface area contributed by atoms with Crippen LogP contribution >= 0.6 is 11.6 Å². The van der Waals surface area contributed by atoms with E-state index in [2.05, 4.69) is 16.2 Å². The van der Waals surface area contributed by atoms with E-state index in [1.54, 1.807) is 13.0 Å². The molecule has 0 saturated carbocycles. The van der Waals surface area contributed by atoms with Crippen LogP contribution in [0.2, 0.25) is 5.02 Å². The van der Waals surface area contributed by atoms with Crippen LogP contribution in [0.25, 0.3) is 0 Å². The van der Waals surface area contributed by atoms with Crippen LogP contribution in [0.3, 0.4) is 0 Å². The lowest BCUT2D eigenvalue weighted by Gasteiger charge is -2.12. The molecule has 1 aliphatic heterocycles. The molecule has 1 heterocycles. The molecule has 2 unspecified atom stereocenters.